The van der Waals surface area contributed by atoms with Gasteiger partial charge in [-0.2, -0.15) is 8.42 Å². The van der Waals surface area contributed by atoms with Gasteiger partial charge in [-0.25, -0.2) is 0 Å². The lowest BCUT2D eigenvalue weighted by Gasteiger charge is -2.27. The molecule has 0 saturated carbocycles. The summed E-state index contributed by atoms with van der Waals surface area (Å²) in [5.41, 5.74) is -0.347. The summed E-state index contributed by atoms with van der Waals surface area (Å²) in [5.74, 6) is -2.60. The zero-order valence-electron chi connectivity index (χ0n) is 12.3. The van der Waals surface area contributed by atoms with E-state index in [1.54, 1.807) is 12.1 Å². The Morgan fingerprint density at radius 2 is 1.25 bits per heavy atom. The first kappa shape index (κ1) is 18.0. The number of carbonyl (C=O) groups excluding carboxylic acids is 2. The maximum atomic E-state index is 12.7. The van der Waals surface area contributed by atoms with Crippen LogP contribution in [0.2, 0.25) is 0 Å². The number of hydrogen-bond acceptors (Lipinski definition) is 6. The Labute approximate surface area is 138 Å². The monoisotopic (exact) mass is 350 g/mol. The highest BCUT2D eigenvalue weighted by Crippen LogP contribution is 2.28. The lowest BCUT2D eigenvalue weighted by molar-refractivity contribution is -0.0480. The van der Waals surface area contributed by atoms with Crippen molar-refractivity contribution in [3.8, 4) is 0 Å². The molecule has 7 nitrogen and oxygen atoms in total. The summed E-state index contributed by atoms with van der Waals surface area (Å²) < 4.78 is 38.2. The molecule has 2 N–H and O–H groups in total. The molecule has 24 heavy (non-hydrogen) atoms. The molecule has 0 aliphatic heterocycles. The second-order valence-electron chi connectivity index (χ2n) is 4.76. The summed E-state index contributed by atoms with van der Waals surface area (Å²) >= 11 is 0. The van der Waals surface area contributed by atoms with E-state index in [0.29, 0.717) is 0 Å². The standard InChI is InChI=1S/C16H14O7S/c17-11-23-16(24(20,21)22,14(18)12-7-3-1-4-8-12)15(19)13-9-5-2-6-10-13/h1-10,17H,11H2,(H,20,21,22). The van der Waals surface area contributed by atoms with E-state index in [4.69, 9.17) is 5.11 Å². The quantitative estimate of drug-likeness (QED) is 0.334. The molecular weight excluding hydrogens is 336 g/mol. The fourth-order valence-corrected chi connectivity index (χ4v) is 3.10. The minimum Gasteiger partial charge on any atom is -0.371 e. The summed E-state index contributed by atoms with van der Waals surface area (Å²) in [6.07, 6.45) is 0. The summed E-state index contributed by atoms with van der Waals surface area (Å²) in [4.78, 5) is 22.2. The molecule has 0 aliphatic carbocycles. The molecule has 0 bridgehead atoms. The van der Waals surface area contributed by atoms with Crippen LogP contribution >= 0.6 is 0 Å². The molecule has 8 heteroatoms. The van der Waals surface area contributed by atoms with Gasteiger partial charge in [-0.05, 0) is 0 Å². The number of carbonyl (C=O) groups is 2. The van der Waals surface area contributed by atoms with Gasteiger partial charge in [0.15, 0.2) is 0 Å². The van der Waals surface area contributed by atoms with E-state index in [9.17, 15) is 22.6 Å². The number of ether oxygens (including phenoxy) is 1. The lowest BCUT2D eigenvalue weighted by Crippen LogP contribution is -2.55. The van der Waals surface area contributed by atoms with Gasteiger partial charge in [-0.3, -0.25) is 14.1 Å². The first-order chi connectivity index (χ1) is 11.3. The zero-order chi connectivity index (χ0) is 17.8. The number of benzene rings is 2. The van der Waals surface area contributed by atoms with Crippen LogP contribution in [0.1, 0.15) is 20.7 Å². The fourth-order valence-electron chi connectivity index (χ4n) is 2.19. The Hall–Kier alpha value is -2.39. The zero-order valence-corrected chi connectivity index (χ0v) is 13.1. The molecule has 2 rings (SSSR count). The largest absolute Gasteiger partial charge is 0.371 e. The Kier molecular flexibility index (Phi) is 5.25. The van der Waals surface area contributed by atoms with Crippen molar-refractivity contribution < 1.29 is 32.4 Å². The molecule has 126 valence electrons. The van der Waals surface area contributed by atoms with E-state index < -0.39 is 33.4 Å². The third-order valence-electron chi connectivity index (χ3n) is 3.30. The Balaban J connectivity index is 2.70. The minimum atomic E-state index is -5.36. The van der Waals surface area contributed by atoms with E-state index in [1.807, 2.05) is 0 Å². The van der Waals surface area contributed by atoms with Crippen LogP contribution in [0.4, 0.5) is 0 Å². The van der Waals surface area contributed by atoms with Crippen LogP contribution < -0.4 is 0 Å². The average Bonchev–Trinajstić information content (AvgIpc) is 2.59. The van der Waals surface area contributed by atoms with Crippen molar-refractivity contribution in [3.05, 3.63) is 71.8 Å². The van der Waals surface area contributed by atoms with Crippen molar-refractivity contribution in [2.24, 2.45) is 0 Å². The van der Waals surface area contributed by atoms with Crippen molar-refractivity contribution in [3.63, 3.8) is 0 Å². The highest BCUT2D eigenvalue weighted by molar-refractivity contribution is 7.89. The number of ketones is 2. The van der Waals surface area contributed by atoms with Crippen LogP contribution in [-0.2, 0) is 14.9 Å². The van der Waals surface area contributed by atoms with Crippen LogP contribution in [0.25, 0.3) is 0 Å². The van der Waals surface area contributed by atoms with Crippen molar-refractivity contribution >= 4 is 21.7 Å². The van der Waals surface area contributed by atoms with E-state index in [-0.39, 0.29) is 11.1 Å². The third-order valence-corrected chi connectivity index (χ3v) is 4.52. The molecule has 0 radical (unpaired) electrons. The number of hydrogen-bond donors (Lipinski definition) is 2. The maximum absolute atomic E-state index is 12.7. The normalized spacial score (nSPS) is 11.9. The summed E-state index contributed by atoms with van der Waals surface area (Å²) in [6.45, 7) is -1.27. The van der Waals surface area contributed by atoms with E-state index >= 15 is 0 Å². The number of Topliss-reactive ketones (excluding diaryl/α,β-unsaturated/α-hetero) is 2. The lowest BCUT2D eigenvalue weighted by atomic mass is 9.98. The third kappa shape index (κ3) is 3.13. The fraction of sp³-hybridized carbons (Fsp3) is 0.125. The molecule has 0 aromatic heterocycles. The second-order valence-corrected chi connectivity index (χ2v) is 6.28. The molecule has 2 aromatic rings. The van der Waals surface area contributed by atoms with Gasteiger partial charge in [0.1, 0.15) is 6.79 Å². The molecule has 0 saturated heterocycles. The minimum absolute atomic E-state index is 0.173. The Morgan fingerprint density at radius 1 is 0.875 bits per heavy atom. The molecule has 0 aliphatic rings. The van der Waals surface area contributed by atoms with Crippen molar-refractivity contribution in [2.75, 3.05) is 6.79 Å². The number of aliphatic hydroxyl groups excluding tert-OH is 1. The molecule has 0 atom stereocenters. The predicted octanol–water partition coefficient (Wildman–Crippen LogP) is 1.30. The van der Waals surface area contributed by atoms with Crippen LogP contribution in [0.5, 0.6) is 0 Å². The van der Waals surface area contributed by atoms with Crippen molar-refractivity contribution in [1.29, 1.82) is 0 Å². The average molecular weight is 350 g/mol. The Bertz CT molecular complexity index is 778. The number of rotatable bonds is 7. The molecule has 0 amide bonds. The second kappa shape index (κ2) is 7.02. The summed E-state index contributed by atoms with van der Waals surface area (Å²) in [6, 6.07) is 14.0. The highest BCUT2D eigenvalue weighted by Gasteiger charge is 2.58. The van der Waals surface area contributed by atoms with Gasteiger partial charge in [0, 0.05) is 11.1 Å². The van der Waals surface area contributed by atoms with Gasteiger partial charge in [0.25, 0.3) is 0 Å². The van der Waals surface area contributed by atoms with Gasteiger partial charge in [0.2, 0.25) is 11.6 Å². The Morgan fingerprint density at radius 3 is 1.54 bits per heavy atom. The summed E-state index contributed by atoms with van der Waals surface area (Å²) in [5, 5.41) is 9.05. The van der Waals surface area contributed by atoms with Crippen LogP contribution in [-0.4, -0.2) is 41.4 Å². The van der Waals surface area contributed by atoms with Crippen LogP contribution in [0.3, 0.4) is 0 Å². The van der Waals surface area contributed by atoms with Gasteiger partial charge in [-0.15, -0.1) is 0 Å². The van der Waals surface area contributed by atoms with Gasteiger partial charge in [0.05, 0.1) is 0 Å². The van der Waals surface area contributed by atoms with Gasteiger partial charge < -0.3 is 9.84 Å². The van der Waals surface area contributed by atoms with Crippen molar-refractivity contribution in [1.82, 2.24) is 0 Å². The molecule has 0 spiro atoms. The van der Waals surface area contributed by atoms with E-state index in [1.165, 1.54) is 48.5 Å². The molecular formula is C16H14O7S. The molecule has 2 aromatic carbocycles. The summed E-state index contributed by atoms with van der Waals surface area (Å²) in [7, 11) is -5.36. The first-order valence-electron chi connectivity index (χ1n) is 6.76. The molecule has 0 heterocycles. The molecule has 0 fully saturated rings. The van der Waals surface area contributed by atoms with Crippen LogP contribution in [0.15, 0.2) is 60.7 Å². The van der Waals surface area contributed by atoms with E-state index in [0.717, 1.165) is 0 Å². The SMILES string of the molecule is O=C(c1ccccc1)C(OCO)(C(=O)c1ccccc1)S(=O)(=O)O. The highest BCUT2D eigenvalue weighted by atomic mass is 32.2. The molecule has 0 unspecified atom stereocenters. The maximum Gasteiger partial charge on any atom is 0.322 e. The van der Waals surface area contributed by atoms with Gasteiger partial charge in [-0.1, -0.05) is 60.7 Å². The van der Waals surface area contributed by atoms with Crippen LogP contribution in [0, 0.1) is 0 Å². The smallest absolute Gasteiger partial charge is 0.322 e. The van der Waals surface area contributed by atoms with E-state index in [2.05, 4.69) is 4.74 Å². The predicted molar refractivity (Wildman–Crippen MR) is 84.0 cm³/mol. The number of aliphatic hydroxyl groups is 1. The van der Waals surface area contributed by atoms with Crippen molar-refractivity contribution in [2.45, 2.75) is 4.93 Å². The first-order valence-corrected chi connectivity index (χ1v) is 8.20. The van der Waals surface area contributed by atoms with Gasteiger partial charge >= 0.3 is 15.1 Å². The topological polar surface area (TPSA) is 118 Å².